The lowest BCUT2D eigenvalue weighted by atomic mass is 9.88. The van der Waals surface area contributed by atoms with Crippen LogP contribution in [-0.2, 0) is 19.4 Å². The number of aryl methyl sites for hydroxylation is 2. The predicted molar refractivity (Wildman–Crippen MR) is 80.4 cm³/mol. The summed E-state index contributed by atoms with van der Waals surface area (Å²) in [6.07, 6.45) is 2.27. The Kier molecular flexibility index (Phi) is 3.39. The van der Waals surface area contributed by atoms with Crippen molar-refractivity contribution in [3.63, 3.8) is 0 Å². The molecule has 0 radical (unpaired) electrons. The van der Waals surface area contributed by atoms with Crippen LogP contribution < -0.4 is 5.32 Å². The molecular formula is C18H21N. The second-order valence-electron chi connectivity index (χ2n) is 5.69. The molecule has 0 saturated carbocycles. The molecule has 1 nitrogen and oxygen atoms in total. The lowest BCUT2D eigenvalue weighted by Gasteiger charge is -2.28. The molecule has 0 aromatic heterocycles. The first kappa shape index (κ1) is 12.4. The van der Waals surface area contributed by atoms with Gasteiger partial charge in [-0.2, -0.15) is 0 Å². The zero-order valence-electron chi connectivity index (χ0n) is 11.7. The highest BCUT2D eigenvalue weighted by molar-refractivity contribution is 5.40. The van der Waals surface area contributed by atoms with Crippen molar-refractivity contribution < 1.29 is 0 Å². The van der Waals surface area contributed by atoms with E-state index in [0.717, 1.165) is 19.4 Å². The first-order valence-corrected chi connectivity index (χ1v) is 7.08. The fourth-order valence-electron chi connectivity index (χ4n) is 3.15. The van der Waals surface area contributed by atoms with E-state index >= 15 is 0 Å². The Labute approximate surface area is 115 Å². The molecule has 98 valence electrons. The molecule has 1 aliphatic heterocycles. The maximum Gasteiger partial charge on any atom is 0.0211 e. The fraction of sp³-hybridized carbons (Fsp3) is 0.333. The third-order valence-electron chi connectivity index (χ3n) is 4.07. The van der Waals surface area contributed by atoms with Gasteiger partial charge >= 0.3 is 0 Å². The molecule has 0 amide bonds. The molecule has 2 aromatic carbocycles. The summed E-state index contributed by atoms with van der Waals surface area (Å²) in [5, 5.41) is 3.68. The summed E-state index contributed by atoms with van der Waals surface area (Å²) in [5.74, 6) is 0. The lowest BCUT2D eigenvalue weighted by molar-refractivity contribution is 0.475. The zero-order chi connectivity index (χ0) is 13.2. The first-order chi connectivity index (χ1) is 9.22. The molecular weight excluding hydrogens is 230 g/mol. The van der Waals surface area contributed by atoms with Gasteiger partial charge in [0.2, 0.25) is 0 Å². The molecule has 0 aliphatic carbocycles. The third kappa shape index (κ3) is 2.71. The first-order valence-electron chi connectivity index (χ1n) is 7.08. The number of nitrogens with one attached hydrogen (secondary N) is 1. The summed E-state index contributed by atoms with van der Waals surface area (Å²) in [4.78, 5) is 0. The minimum absolute atomic E-state index is 0.566. The Morgan fingerprint density at radius 1 is 1.11 bits per heavy atom. The summed E-state index contributed by atoms with van der Waals surface area (Å²) in [6.45, 7) is 5.44. The predicted octanol–water partition coefficient (Wildman–Crippen LogP) is 3.56. The molecule has 1 N–H and O–H groups in total. The van der Waals surface area contributed by atoms with Crippen LogP contribution in [0.25, 0.3) is 0 Å². The van der Waals surface area contributed by atoms with Crippen LogP contribution in [0.4, 0.5) is 0 Å². The van der Waals surface area contributed by atoms with Crippen LogP contribution in [0.5, 0.6) is 0 Å². The van der Waals surface area contributed by atoms with Gasteiger partial charge in [0.1, 0.15) is 0 Å². The Morgan fingerprint density at radius 3 is 2.68 bits per heavy atom. The van der Waals surface area contributed by atoms with Crippen LogP contribution in [0.1, 0.15) is 27.8 Å². The van der Waals surface area contributed by atoms with E-state index in [1.54, 1.807) is 5.56 Å². The summed E-state index contributed by atoms with van der Waals surface area (Å²) in [7, 11) is 0. The van der Waals surface area contributed by atoms with E-state index in [9.17, 15) is 0 Å². The molecule has 19 heavy (non-hydrogen) atoms. The average Bonchev–Trinajstić information content (AvgIpc) is 2.40. The summed E-state index contributed by atoms with van der Waals surface area (Å²) < 4.78 is 0. The number of rotatable bonds is 2. The summed E-state index contributed by atoms with van der Waals surface area (Å²) in [6, 6.07) is 16.0. The number of benzene rings is 2. The van der Waals surface area contributed by atoms with E-state index in [0.29, 0.717) is 6.04 Å². The molecule has 0 fully saturated rings. The van der Waals surface area contributed by atoms with Crippen LogP contribution in [0.2, 0.25) is 0 Å². The maximum atomic E-state index is 3.68. The molecule has 1 heterocycles. The van der Waals surface area contributed by atoms with Crippen LogP contribution in [0, 0.1) is 13.8 Å². The Hall–Kier alpha value is -1.60. The fourth-order valence-corrected chi connectivity index (χ4v) is 3.15. The number of hydrogen-bond donors (Lipinski definition) is 1. The van der Waals surface area contributed by atoms with Crippen molar-refractivity contribution in [2.45, 2.75) is 39.3 Å². The molecule has 0 saturated heterocycles. The van der Waals surface area contributed by atoms with Gasteiger partial charge in [-0.15, -0.1) is 0 Å². The average molecular weight is 251 g/mol. The van der Waals surface area contributed by atoms with Gasteiger partial charge in [-0.05, 0) is 48.9 Å². The summed E-state index contributed by atoms with van der Waals surface area (Å²) in [5.41, 5.74) is 7.30. The van der Waals surface area contributed by atoms with Gasteiger partial charge in [0.25, 0.3) is 0 Å². The van der Waals surface area contributed by atoms with Gasteiger partial charge < -0.3 is 5.32 Å². The van der Waals surface area contributed by atoms with Crippen LogP contribution >= 0.6 is 0 Å². The van der Waals surface area contributed by atoms with Crippen molar-refractivity contribution in [1.29, 1.82) is 0 Å². The Balaban J connectivity index is 1.79. The van der Waals surface area contributed by atoms with Crippen molar-refractivity contribution in [3.8, 4) is 0 Å². The highest BCUT2D eigenvalue weighted by Crippen LogP contribution is 2.23. The van der Waals surface area contributed by atoms with E-state index in [4.69, 9.17) is 0 Å². The number of hydrogen-bond acceptors (Lipinski definition) is 1. The Morgan fingerprint density at radius 2 is 1.89 bits per heavy atom. The maximum absolute atomic E-state index is 3.68. The van der Waals surface area contributed by atoms with E-state index in [-0.39, 0.29) is 0 Å². The van der Waals surface area contributed by atoms with Crippen molar-refractivity contribution in [1.82, 2.24) is 5.32 Å². The second kappa shape index (κ2) is 5.18. The SMILES string of the molecule is Cc1cc(C)c2c(c1)CNC(Cc1ccccc1)C2. The van der Waals surface area contributed by atoms with Gasteiger partial charge in [0.05, 0.1) is 0 Å². The van der Waals surface area contributed by atoms with Gasteiger partial charge in [-0.1, -0.05) is 48.0 Å². The van der Waals surface area contributed by atoms with E-state index in [1.807, 2.05) is 0 Å². The molecule has 2 aromatic rings. The van der Waals surface area contributed by atoms with Crippen LogP contribution in [0.15, 0.2) is 42.5 Å². The van der Waals surface area contributed by atoms with Gasteiger partial charge in [0.15, 0.2) is 0 Å². The van der Waals surface area contributed by atoms with Crippen molar-refractivity contribution in [2.24, 2.45) is 0 Å². The molecule has 1 aliphatic rings. The smallest absolute Gasteiger partial charge is 0.0211 e. The minimum Gasteiger partial charge on any atom is -0.309 e. The highest BCUT2D eigenvalue weighted by atomic mass is 14.9. The second-order valence-corrected chi connectivity index (χ2v) is 5.69. The largest absolute Gasteiger partial charge is 0.309 e. The van der Waals surface area contributed by atoms with Crippen LogP contribution in [-0.4, -0.2) is 6.04 Å². The van der Waals surface area contributed by atoms with E-state index < -0.39 is 0 Å². The van der Waals surface area contributed by atoms with Crippen molar-refractivity contribution in [2.75, 3.05) is 0 Å². The molecule has 0 spiro atoms. The topological polar surface area (TPSA) is 12.0 Å². The quantitative estimate of drug-likeness (QED) is 0.860. The van der Waals surface area contributed by atoms with Gasteiger partial charge in [-0.25, -0.2) is 0 Å². The normalized spacial score (nSPS) is 18.1. The molecule has 3 rings (SSSR count). The summed E-state index contributed by atoms with van der Waals surface area (Å²) >= 11 is 0. The van der Waals surface area contributed by atoms with Crippen molar-refractivity contribution >= 4 is 0 Å². The molecule has 1 atom stereocenters. The third-order valence-corrected chi connectivity index (χ3v) is 4.07. The number of fused-ring (bicyclic) bond motifs is 1. The van der Waals surface area contributed by atoms with Gasteiger partial charge in [-0.3, -0.25) is 0 Å². The Bertz CT molecular complexity index is 572. The van der Waals surface area contributed by atoms with E-state index in [1.165, 1.54) is 22.3 Å². The standard InChI is InChI=1S/C18H21N/c1-13-8-14(2)18-11-17(19-12-16(18)9-13)10-15-6-4-3-5-7-15/h3-9,17,19H,10-12H2,1-2H3. The molecule has 1 heteroatoms. The van der Waals surface area contributed by atoms with E-state index in [2.05, 4.69) is 61.6 Å². The van der Waals surface area contributed by atoms with Crippen molar-refractivity contribution in [3.05, 3.63) is 70.3 Å². The van der Waals surface area contributed by atoms with Gasteiger partial charge in [0, 0.05) is 12.6 Å². The molecule has 1 unspecified atom stereocenters. The monoisotopic (exact) mass is 251 g/mol. The zero-order valence-corrected chi connectivity index (χ0v) is 11.7. The molecule has 0 bridgehead atoms. The highest BCUT2D eigenvalue weighted by Gasteiger charge is 2.19. The van der Waals surface area contributed by atoms with Crippen LogP contribution in [0.3, 0.4) is 0 Å². The minimum atomic E-state index is 0.566. The lowest BCUT2D eigenvalue weighted by Crippen LogP contribution is -2.37.